The first-order chi connectivity index (χ1) is 6.06. The highest BCUT2D eigenvalue weighted by molar-refractivity contribution is 9.10. The average Bonchev–Trinajstić information content (AvgIpc) is 2.12. The molecule has 0 saturated heterocycles. The molecule has 13 heavy (non-hydrogen) atoms. The van der Waals surface area contributed by atoms with Crippen molar-refractivity contribution in [3.8, 4) is 0 Å². The number of aromatic nitrogens is 1. The summed E-state index contributed by atoms with van der Waals surface area (Å²) in [6, 6.07) is 1.55. The van der Waals surface area contributed by atoms with Crippen molar-refractivity contribution in [1.29, 1.82) is 0 Å². The third-order valence-corrected chi connectivity index (χ3v) is 2.14. The van der Waals surface area contributed by atoms with Gasteiger partial charge >= 0.3 is 11.8 Å². The van der Waals surface area contributed by atoms with Gasteiger partial charge in [-0.25, -0.2) is 4.79 Å². The van der Waals surface area contributed by atoms with Crippen LogP contribution >= 0.6 is 15.9 Å². The summed E-state index contributed by atoms with van der Waals surface area (Å²) in [5, 5.41) is 0. The summed E-state index contributed by atoms with van der Waals surface area (Å²) < 4.78 is 6.22. The van der Waals surface area contributed by atoms with Gasteiger partial charge in [0.2, 0.25) is 0 Å². The fraction of sp³-hybridized carbons (Fsp3) is 0.143. The second-order valence-electron chi connectivity index (χ2n) is 2.36. The number of anilines is 1. The second-order valence-corrected chi connectivity index (χ2v) is 3.22. The van der Waals surface area contributed by atoms with Crippen molar-refractivity contribution in [3.05, 3.63) is 22.3 Å². The predicted molar refractivity (Wildman–Crippen MR) is 50.2 cm³/mol. The smallest absolute Gasteiger partial charge is 0.341 e. The molecule has 1 aromatic heterocycles. The number of halogens is 1. The van der Waals surface area contributed by atoms with Crippen LogP contribution in [0.4, 0.5) is 5.82 Å². The number of rotatable bonds is 1. The molecule has 0 aliphatic carbocycles. The van der Waals surface area contributed by atoms with E-state index in [4.69, 9.17) is 11.6 Å². The Kier molecular flexibility index (Phi) is 2.72. The zero-order valence-electron chi connectivity index (χ0n) is 6.95. The Morgan fingerprint density at radius 3 is 2.77 bits per heavy atom. The average molecular weight is 247 g/mol. The Balaban J connectivity index is 3.20. The number of pyridine rings is 1. The number of nitrogens with two attached hydrogens (primary N) is 2. The summed E-state index contributed by atoms with van der Waals surface area (Å²) in [4.78, 5) is 11.1. The van der Waals surface area contributed by atoms with Crippen LogP contribution in [0.3, 0.4) is 0 Å². The molecule has 0 aliphatic heterocycles. The van der Waals surface area contributed by atoms with Gasteiger partial charge < -0.3 is 4.74 Å². The molecule has 4 N–H and O–H groups in total. The summed E-state index contributed by atoms with van der Waals surface area (Å²) in [6.45, 7) is 0. The third-order valence-electron chi connectivity index (χ3n) is 1.50. The van der Waals surface area contributed by atoms with Crippen LogP contribution in [-0.2, 0) is 4.74 Å². The number of nitrogen functional groups attached to an aromatic ring is 2. The zero-order valence-corrected chi connectivity index (χ0v) is 8.54. The molecule has 1 heterocycles. The van der Waals surface area contributed by atoms with Crippen LogP contribution in [0.15, 0.2) is 16.7 Å². The van der Waals surface area contributed by atoms with Crippen molar-refractivity contribution in [2.24, 2.45) is 0 Å². The molecule has 0 radical (unpaired) electrons. The van der Waals surface area contributed by atoms with Crippen molar-refractivity contribution in [3.63, 3.8) is 0 Å². The molecule has 1 rings (SSSR count). The van der Waals surface area contributed by atoms with Gasteiger partial charge in [0.05, 0.1) is 7.11 Å². The lowest BCUT2D eigenvalue weighted by Crippen LogP contribution is -2.47. The van der Waals surface area contributed by atoms with E-state index >= 15 is 0 Å². The second kappa shape index (κ2) is 3.61. The van der Waals surface area contributed by atoms with Crippen molar-refractivity contribution in [2.75, 3.05) is 18.7 Å². The topological polar surface area (TPSA) is 82.2 Å². The maximum atomic E-state index is 11.1. The molecular weight excluding hydrogens is 238 g/mol. The number of nitrogens with zero attached hydrogens (tertiary/aromatic N) is 1. The standard InChI is InChI=1S/C7H8BrN3O2/c1-13-7(12)4-2-5(8)6(9)11(10)3-4/h2-3,9H,10H2,1H3/p+1. The summed E-state index contributed by atoms with van der Waals surface area (Å²) in [6.07, 6.45) is 1.39. The van der Waals surface area contributed by atoms with Gasteiger partial charge in [-0.2, -0.15) is 0 Å². The molecule has 0 aromatic carbocycles. The van der Waals surface area contributed by atoms with Gasteiger partial charge in [-0.15, -0.1) is 4.68 Å². The highest BCUT2D eigenvalue weighted by Gasteiger charge is 2.14. The lowest BCUT2D eigenvalue weighted by atomic mass is 10.3. The van der Waals surface area contributed by atoms with Gasteiger partial charge in [-0.05, 0) is 22.0 Å². The minimum atomic E-state index is -0.458. The van der Waals surface area contributed by atoms with Crippen molar-refractivity contribution >= 4 is 27.7 Å². The minimum absolute atomic E-state index is 0.339. The van der Waals surface area contributed by atoms with Crippen LogP contribution < -0.4 is 16.3 Å². The van der Waals surface area contributed by atoms with Crippen LogP contribution in [-0.4, -0.2) is 13.1 Å². The molecule has 0 spiro atoms. The normalized spacial score (nSPS) is 9.69. The maximum absolute atomic E-state index is 11.1. The van der Waals surface area contributed by atoms with E-state index in [2.05, 4.69) is 20.7 Å². The highest BCUT2D eigenvalue weighted by atomic mass is 79.9. The Morgan fingerprint density at radius 1 is 1.69 bits per heavy atom. The van der Waals surface area contributed by atoms with Gasteiger partial charge in [0.15, 0.2) is 0 Å². The number of carbonyl (C=O) groups excluding carboxylic acids is 1. The lowest BCUT2D eigenvalue weighted by Gasteiger charge is -2.01. The largest absolute Gasteiger partial charge is 0.465 e. The maximum Gasteiger partial charge on any atom is 0.341 e. The number of hydrogen-bond acceptors (Lipinski definition) is 4. The monoisotopic (exact) mass is 246 g/mol. The first-order valence-corrected chi connectivity index (χ1v) is 4.19. The Hall–Kier alpha value is -1.30. The molecule has 0 amide bonds. The third kappa shape index (κ3) is 1.89. The SMILES string of the molecule is COC(=O)c1cc(Br)c(N)[n+](N)c1. The number of ether oxygens (including phenoxy) is 1. The molecule has 0 atom stereocenters. The fourth-order valence-electron chi connectivity index (χ4n) is 0.820. The predicted octanol–water partition coefficient (Wildman–Crippen LogP) is -0.181. The van der Waals surface area contributed by atoms with Crippen LogP contribution in [0.25, 0.3) is 0 Å². The van der Waals surface area contributed by atoms with Crippen molar-refractivity contribution in [1.82, 2.24) is 0 Å². The number of hydrogen-bond donors (Lipinski definition) is 2. The summed E-state index contributed by atoms with van der Waals surface area (Å²) in [7, 11) is 1.30. The quantitative estimate of drug-likeness (QED) is 0.409. The molecule has 5 nitrogen and oxygen atoms in total. The summed E-state index contributed by atoms with van der Waals surface area (Å²) >= 11 is 3.16. The Bertz CT molecular complexity index is 331. The lowest BCUT2D eigenvalue weighted by molar-refractivity contribution is -0.624. The first kappa shape index (κ1) is 9.79. The number of carbonyl (C=O) groups is 1. The molecule has 6 heteroatoms. The molecule has 0 bridgehead atoms. The fourth-order valence-corrected chi connectivity index (χ4v) is 1.27. The molecule has 0 fully saturated rings. The van der Waals surface area contributed by atoms with Crippen molar-refractivity contribution in [2.45, 2.75) is 0 Å². The minimum Gasteiger partial charge on any atom is -0.465 e. The zero-order chi connectivity index (χ0) is 10.0. The van der Waals surface area contributed by atoms with Gasteiger partial charge in [-0.1, -0.05) is 0 Å². The van der Waals surface area contributed by atoms with Crippen LogP contribution in [0.2, 0.25) is 0 Å². The van der Waals surface area contributed by atoms with E-state index in [0.29, 0.717) is 15.9 Å². The van der Waals surface area contributed by atoms with Crippen LogP contribution in [0.5, 0.6) is 0 Å². The molecule has 70 valence electrons. The van der Waals surface area contributed by atoms with Gasteiger partial charge in [0.25, 0.3) is 0 Å². The summed E-state index contributed by atoms with van der Waals surface area (Å²) in [5.41, 5.74) is 5.87. The molecule has 0 saturated carbocycles. The van der Waals surface area contributed by atoms with Gasteiger partial charge in [0, 0.05) is 0 Å². The van der Waals surface area contributed by atoms with Gasteiger partial charge in [0.1, 0.15) is 16.2 Å². The van der Waals surface area contributed by atoms with E-state index in [1.165, 1.54) is 13.3 Å². The highest BCUT2D eigenvalue weighted by Crippen LogP contribution is 2.15. The Labute approximate surface area is 83.4 Å². The van der Waals surface area contributed by atoms with Crippen LogP contribution in [0, 0.1) is 0 Å². The van der Waals surface area contributed by atoms with E-state index in [-0.39, 0.29) is 0 Å². The molecule has 0 aliphatic rings. The van der Waals surface area contributed by atoms with E-state index in [0.717, 1.165) is 4.68 Å². The van der Waals surface area contributed by atoms with Crippen molar-refractivity contribution < 1.29 is 14.2 Å². The van der Waals surface area contributed by atoms with E-state index < -0.39 is 5.97 Å². The molecular formula is C7H9BrN3O2+. The number of methoxy groups -OCH3 is 1. The molecule has 1 aromatic rings. The van der Waals surface area contributed by atoms with E-state index in [1.807, 2.05) is 0 Å². The Morgan fingerprint density at radius 2 is 2.31 bits per heavy atom. The van der Waals surface area contributed by atoms with Crippen LogP contribution in [0.1, 0.15) is 10.4 Å². The van der Waals surface area contributed by atoms with Gasteiger partial charge in [-0.3, -0.25) is 11.6 Å². The van der Waals surface area contributed by atoms with E-state index in [1.54, 1.807) is 6.07 Å². The number of esters is 1. The first-order valence-electron chi connectivity index (χ1n) is 3.40. The molecule has 0 unspecified atom stereocenters. The van der Waals surface area contributed by atoms with E-state index in [9.17, 15) is 4.79 Å². The summed E-state index contributed by atoms with van der Waals surface area (Å²) in [5.74, 6) is 5.35.